The van der Waals surface area contributed by atoms with E-state index in [4.69, 9.17) is 0 Å². The zero-order valence-corrected chi connectivity index (χ0v) is 13.0. The van der Waals surface area contributed by atoms with Crippen molar-refractivity contribution in [1.29, 1.82) is 0 Å². The summed E-state index contributed by atoms with van der Waals surface area (Å²) in [6.07, 6.45) is 0. The van der Waals surface area contributed by atoms with Gasteiger partial charge >= 0.3 is 0 Å². The number of anilines is 1. The van der Waals surface area contributed by atoms with E-state index in [9.17, 15) is 5.11 Å². The first-order valence-electron chi connectivity index (χ1n) is 6.26. The van der Waals surface area contributed by atoms with Crippen LogP contribution in [0.3, 0.4) is 0 Å². The molecule has 0 aliphatic rings. The highest BCUT2D eigenvalue weighted by Crippen LogP contribution is 2.24. The van der Waals surface area contributed by atoms with Crippen LogP contribution in [0, 0.1) is 20.8 Å². The first-order valence-corrected chi connectivity index (χ1v) is 7.05. The van der Waals surface area contributed by atoms with Gasteiger partial charge in [0.2, 0.25) is 0 Å². The summed E-state index contributed by atoms with van der Waals surface area (Å²) in [5.41, 5.74) is 5.32. The summed E-state index contributed by atoms with van der Waals surface area (Å²) in [4.78, 5) is 0. The molecule has 0 aliphatic carbocycles. The molecule has 0 aliphatic heterocycles. The zero-order chi connectivity index (χ0) is 14.0. The first kappa shape index (κ1) is 13.9. The Morgan fingerprint density at radius 1 is 1.00 bits per heavy atom. The monoisotopic (exact) mass is 319 g/mol. The van der Waals surface area contributed by atoms with Crippen LogP contribution in [-0.4, -0.2) is 5.11 Å². The maximum absolute atomic E-state index is 9.76. The van der Waals surface area contributed by atoms with Crippen LogP contribution in [0.2, 0.25) is 0 Å². The molecular weight excluding hydrogens is 302 g/mol. The highest BCUT2D eigenvalue weighted by Gasteiger charge is 2.03. The predicted molar refractivity (Wildman–Crippen MR) is 83.8 cm³/mol. The van der Waals surface area contributed by atoms with Crippen LogP contribution in [0.5, 0.6) is 5.75 Å². The van der Waals surface area contributed by atoms with Gasteiger partial charge in [-0.1, -0.05) is 28.1 Å². The number of hydrogen-bond donors (Lipinski definition) is 2. The van der Waals surface area contributed by atoms with Crippen molar-refractivity contribution in [3.8, 4) is 5.75 Å². The molecule has 2 aromatic carbocycles. The summed E-state index contributed by atoms with van der Waals surface area (Å²) in [7, 11) is 0. The number of nitrogens with one attached hydrogen (secondary N) is 1. The van der Waals surface area contributed by atoms with Gasteiger partial charge in [-0.3, -0.25) is 0 Å². The summed E-state index contributed by atoms with van der Waals surface area (Å²) >= 11 is 3.50. The molecule has 0 amide bonds. The van der Waals surface area contributed by atoms with Crippen LogP contribution >= 0.6 is 15.9 Å². The van der Waals surface area contributed by atoms with Gasteiger partial charge in [0, 0.05) is 16.7 Å². The number of halogens is 1. The van der Waals surface area contributed by atoms with Crippen molar-refractivity contribution in [2.24, 2.45) is 0 Å². The fourth-order valence-electron chi connectivity index (χ4n) is 2.19. The van der Waals surface area contributed by atoms with Crippen LogP contribution < -0.4 is 5.32 Å². The molecular formula is C16H18BrNO. The Labute approximate surface area is 122 Å². The molecule has 0 heterocycles. The number of benzene rings is 2. The van der Waals surface area contributed by atoms with Gasteiger partial charge in [0.1, 0.15) is 5.75 Å². The number of rotatable bonds is 3. The zero-order valence-electron chi connectivity index (χ0n) is 11.4. The molecule has 0 bridgehead atoms. The molecule has 0 unspecified atom stereocenters. The van der Waals surface area contributed by atoms with E-state index >= 15 is 0 Å². The predicted octanol–water partition coefficient (Wildman–Crippen LogP) is 4.69. The largest absolute Gasteiger partial charge is 0.507 e. The Hall–Kier alpha value is -1.48. The standard InChI is InChI=1S/C16H18BrNO/c1-10-4-14(17)8-15(5-10)18-9-13-6-11(2)16(19)12(3)7-13/h4-8,18-19H,9H2,1-3H3. The van der Waals surface area contributed by atoms with E-state index in [2.05, 4.69) is 46.4 Å². The molecule has 0 saturated carbocycles. The summed E-state index contributed by atoms with van der Waals surface area (Å²) in [5.74, 6) is 0.391. The third kappa shape index (κ3) is 3.51. The van der Waals surface area contributed by atoms with Crippen LogP contribution in [0.25, 0.3) is 0 Å². The Morgan fingerprint density at radius 3 is 2.21 bits per heavy atom. The van der Waals surface area contributed by atoms with Gasteiger partial charge in [0.25, 0.3) is 0 Å². The van der Waals surface area contributed by atoms with E-state index in [1.54, 1.807) is 0 Å². The minimum Gasteiger partial charge on any atom is -0.507 e. The number of phenolic OH excluding ortho intramolecular Hbond substituents is 1. The van der Waals surface area contributed by atoms with Crippen molar-refractivity contribution < 1.29 is 5.11 Å². The highest BCUT2D eigenvalue weighted by molar-refractivity contribution is 9.10. The molecule has 2 N–H and O–H groups in total. The maximum Gasteiger partial charge on any atom is 0.121 e. The fourth-order valence-corrected chi connectivity index (χ4v) is 2.80. The Bertz CT molecular complexity index is 564. The second-order valence-electron chi connectivity index (χ2n) is 4.95. The maximum atomic E-state index is 9.76. The summed E-state index contributed by atoms with van der Waals surface area (Å²) in [5, 5.41) is 13.2. The molecule has 2 rings (SSSR count). The lowest BCUT2D eigenvalue weighted by molar-refractivity contribution is 0.466. The van der Waals surface area contributed by atoms with E-state index in [1.807, 2.05) is 26.0 Å². The Balaban J connectivity index is 2.14. The third-order valence-corrected chi connectivity index (χ3v) is 3.55. The van der Waals surface area contributed by atoms with Gasteiger partial charge in [-0.2, -0.15) is 0 Å². The van der Waals surface area contributed by atoms with Crippen LogP contribution in [0.4, 0.5) is 5.69 Å². The van der Waals surface area contributed by atoms with Crippen molar-refractivity contribution >= 4 is 21.6 Å². The van der Waals surface area contributed by atoms with E-state index in [1.165, 1.54) is 11.1 Å². The number of aromatic hydroxyl groups is 1. The van der Waals surface area contributed by atoms with Crippen molar-refractivity contribution in [3.05, 3.63) is 57.1 Å². The molecule has 0 aromatic heterocycles. The molecule has 100 valence electrons. The van der Waals surface area contributed by atoms with Gasteiger partial charge in [0.05, 0.1) is 0 Å². The van der Waals surface area contributed by atoms with Gasteiger partial charge in [-0.05, 0) is 61.2 Å². The molecule has 3 heteroatoms. The molecule has 2 nitrogen and oxygen atoms in total. The normalized spacial score (nSPS) is 10.5. The van der Waals surface area contributed by atoms with E-state index in [-0.39, 0.29) is 0 Å². The van der Waals surface area contributed by atoms with E-state index in [0.29, 0.717) is 5.75 Å². The van der Waals surface area contributed by atoms with Crippen molar-refractivity contribution in [2.75, 3.05) is 5.32 Å². The van der Waals surface area contributed by atoms with Crippen molar-refractivity contribution in [3.63, 3.8) is 0 Å². The van der Waals surface area contributed by atoms with Crippen LogP contribution in [0.1, 0.15) is 22.3 Å². The molecule has 2 aromatic rings. The summed E-state index contributed by atoms with van der Waals surface area (Å²) < 4.78 is 1.08. The Kier molecular flexibility index (Phi) is 4.15. The van der Waals surface area contributed by atoms with Gasteiger partial charge in [-0.25, -0.2) is 0 Å². The fraction of sp³-hybridized carbons (Fsp3) is 0.250. The van der Waals surface area contributed by atoms with E-state index in [0.717, 1.165) is 27.8 Å². The van der Waals surface area contributed by atoms with Crippen molar-refractivity contribution in [2.45, 2.75) is 27.3 Å². The highest BCUT2D eigenvalue weighted by atomic mass is 79.9. The number of aryl methyl sites for hydroxylation is 3. The first-order chi connectivity index (χ1) is 8.95. The molecule has 0 radical (unpaired) electrons. The minimum atomic E-state index is 0.391. The molecule has 0 spiro atoms. The third-order valence-electron chi connectivity index (χ3n) is 3.09. The SMILES string of the molecule is Cc1cc(Br)cc(NCc2cc(C)c(O)c(C)c2)c1. The molecule has 0 saturated heterocycles. The van der Waals surface area contributed by atoms with Gasteiger partial charge in [-0.15, -0.1) is 0 Å². The molecule has 0 atom stereocenters. The smallest absolute Gasteiger partial charge is 0.121 e. The quantitative estimate of drug-likeness (QED) is 0.860. The average Bonchev–Trinajstić information content (AvgIpc) is 2.32. The summed E-state index contributed by atoms with van der Waals surface area (Å²) in [6, 6.07) is 10.3. The number of phenols is 1. The lowest BCUT2D eigenvalue weighted by Crippen LogP contribution is -2.00. The van der Waals surface area contributed by atoms with Crippen LogP contribution in [-0.2, 0) is 6.54 Å². The topological polar surface area (TPSA) is 32.3 Å². The van der Waals surface area contributed by atoms with Gasteiger partial charge in [0.15, 0.2) is 0 Å². The number of hydrogen-bond acceptors (Lipinski definition) is 2. The molecule has 0 fully saturated rings. The average molecular weight is 320 g/mol. The van der Waals surface area contributed by atoms with Crippen LogP contribution in [0.15, 0.2) is 34.8 Å². The van der Waals surface area contributed by atoms with Crippen molar-refractivity contribution in [1.82, 2.24) is 0 Å². The molecule has 19 heavy (non-hydrogen) atoms. The Morgan fingerprint density at radius 2 is 1.63 bits per heavy atom. The van der Waals surface area contributed by atoms with Gasteiger partial charge < -0.3 is 10.4 Å². The second kappa shape index (κ2) is 5.66. The minimum absolute atomic E-state index is 0.391. The second-order valence-corrected chi connectivity index (χ2v) is 5.86. The lowest BCUT2D eigenvalue weighted by Gasteiger charge is -2.11. The lowest BCUT2D eigenvalue weighted by atomic mass is 10.1. The summed E-state index contributed by atoms with van der Waals surface area (Å²) in [6.45, 7) is 6.67. The van der Waals surface area contributed by atoms with E-state index < -0.39 is 0 Å².